The van der Waals surface area contributed by atoms with E-state index in [4.69, 9.17) is 4.42 Å². The summed E-state index contributed by atoms with van der Waals surface area (Å²) in [5, 5.41) is 0.954. The number of benzene rings is 2. The monoisotopic (exact) mass is 329 g/mol. The van der Waals surface area contributed by atoms with Crippen molar-refractivity contribution in [3.05, 3.63) is 64.6 Å². The Balaban J connectivity index is 2.03. The molecule has 0 aliphatic heterocycles. The Morgan fingerprint density at radius 2 is 1.70 bits per heavy atom. The molecule has 0 atom stereocenters. The summed E-state index contributed by atoms with van der Waals surface area (Å²) < 4.78 is 6.55. The molecule has 3 nitrogen and oxygen atoms in total. The smallest absolute Gasteiger partial charge is 0.260 e. The summed E-state index contributed by atoms with van der Waals surface area (Å²) in [4.78, 5) is 13.9. The van der Waals surface area contributed by atoms with Crippen molar-refractivity contribution >= 4 is 38.7 Å². The fraction of sp³-hybridized carbons (Fsp3) is 0.0625. The number of halogens is 1. The van der Waals surface area contributed by atoms with Crippen LogP contribution < -0.4 is 4.90 Å². The SMILES string of the molecule is CN(C(=O)c1ccccc1)c1oc2ccccc2c1Br. The van der Waals surface area contributed by atoms with Crippen LogP contribution in [0.4, 0.5) is 5.88 Å². The molecule has 3 rings (SSSR count). The number of carbonyl (C=O) groups is 1. The molecule has 0 radical (unpaired) electrons. The van der Waals surface area contributed by atoms with Crippen LogP contribution in [0.15, 0.2) is 63.5 Å². The first-order valence-corrected chi connectivity index (χ1v) is 6.98. The van der Waals surface area contributed by atoms with Crippen LogP contribution in [0.25, 0.3) is 11.0 Å². The van der Waals surface area contributed by atoms with Gasteiger partial charge in [0.1, 0.15) is 5.58 Å². The van der Waals surface area contributed by atoms with E-state index in [9.17, 15) is 4.79 Å². The highest BCUT2D eigenvalue weighted by Gasteiger charge is 2.21. The first kappa shape index (κ1) is 12.9. The second kappa shape index (κ2) is 5.13. The second-order valence-electron chi connectivity index (χ2n) is 4.45. The quantitative estimate of drug-likeness (QED) is 0.694. The Bertz CT molecular complexity index is 765. The largest absolute Gasteiger partial charge is 0.439 e. The van der Waals surface area contributed by atoms with E-state index >= 15 is 0 Å². The van der Waals surface area contributed by atoms with Crippen molar-refractivity contribution in [3.8, 4) is 0 Å². The van der Waals surface area contributed by atoms with Crippen LogP contribution in [0.2, 0.25) is 0 Å². The lowest BCUT2D eigenvalue weighted by molar-refractivity contribution is 0.0989. The molecule has 1 amide bonds. The summed E-state index contributed by atoms with van der Waals surface area (Å²) >= 11 is 3.51. The topological polar surface area (TPSA) is 33.5 Å². The minimum atomic E-state index is -0.106. The van der Waals surface area contributed by atoms with Gasteiger partial charge in [-0.05, 0) is 40.2 Å². The van der Waals surface area contributed by atoms with Crippen LogP contribution >= 0.6 is 15.9 Å². The van der Waals surface area contributed by atoms with Crippen molar-refractivity contribution < 1.29 is 9.21 Å². The van der Waals surface area contributed by atoms with Crippen LogP contribution in [0.3, 0.4) is 0 Å². The van der Waals surface area contributed by atoms with Gasteiger partial charge in [-0.25, -0.2) is 0 Å². The molecule has 0 spiro atoms. The first-order valence-electron chi connectivity index (χ1n) is 6.18. The maximum Gasteiger partial charge on any atom is 0.260 e. The van der Waals surface area contributed by atoms with Crippen molar-refractivity contribution in [3.63, 3.8) is 0 Å². The molecule has 4 heteroatoms. The standard InChI is InChI=1S/C16H12BrNO2/c1-18(15(19)11-7-3-2-4-8-11)16-14(17)12-9-5-6-10-13(12)20-16/h2-10H,1H3. The van der Waals surface area contributed by atoms with E-state index in [1.807, 2.05) is 42.5 Å². The molecule has 0 aliphatic rings. The van der Waals surface area contributed by atoms with E-state index in [2.05, 4.69) is 15.9 Å². The average Bonchev–Trinajstić information content (AvgIpc) is 2.84. The van der Waals surface area contributed by atoms with Gasteiger partial charge >= 0.3 is 0 Å². The van der Waals surface area contributed by atoms with E-state index < -0.39 is 0 Å². The van der Waals surface area contributed by atoms with Gasteiger partial charge in [0.05, 0.1) is 4.47 Å². The van der Waals surface area contributed by atoms with Crippen molar-refractivity contribution in [2.75, 3.05) is 11.9 Å². The zero-order valence-corrected chi connectivity index (χ0v) is 12.4. The highest BCUT2D eigenvalue weighted by molar-refractivity contribution is 9.10. The van der Waals surface area contributed by atoms with Crippen LogP contribution in [0.5, 0.6) is 0 Å². The number of para-hydroxylation sites is 1. The van der Waals surface area contributed by atoms with Gasteiger partial charge in [0.25, 0.3) is 5.91 Å². The van der Waals surface area contributed by atoms with Gasteiger partial charge in [-0.3, -0.25) is 9.69 Å². The third-order valence-electron chi connectivity index (χ3n) is 3.15. The molecule has 20 heavy (non-hydrogen) atoms. The van der Waals surface area contributed by atoms with Crippen LogP contribution in [0.1, 0.15) is 10.4 Å². The highest BCUT2D eigenvalue weighted by atomic mass is 79.9. The van der Waals surface area contributed by atoms with Gasteiger partial charge in [-0.15, -0.1) is 0 Å². The van der Waals surface area contributed by atoms with E-state index in [-0.39, 0.29) is 5.91 Å². The molecule has 0 aliphatic carbocycles. The Kier molecular flexibility index (Phi) is 3.32. The van der Waals surface area contributed by atoms with Gasteiger partial charge < -0.3 is 4.42 Å². The predicted molar refractivity (Wildman–Crippen MR) is 83.1 cm³/mol. The average molecular weight is 330 g/mol. The van der Waals surface area contributed by atoms with Crippen molar-refractivity contribution in [2.45, 2.75) is 0 Å². The molecule has 1 aromatic heterocycles. The first-order chi connectivity index (χ1) is 9.68. The number of hydrogen-bond donors (Lipinski definition) is 0. The number of anilines is 1. The van der Waals surface area contributed by atoms with Gasteiger partial charge in [0, 0.05) is 18.0 Å². The van der Waals surface area contributed by atoms with E-state index in [1.165, 1.54) is 4.90 Å². The molecule has 1 heterocycles. The molecule has 2 aromatic carbocycles. The molecular weight excluding hydrogens is 318 g/mol. The predicted octanol–water partition coefficient (Wildman–Crippen LogP) is 4.47. The summed E-state index contributed by atoms with van der Waals surface area (Å²) in [7, 11) is 1.71. The van der Waals surface area contributed by atoms with Crippen molar-refractivity contribution in [1.29, 1.82) is 0 Å². The third kappa shape index (κ3) is 2.12. The Morgan fingerprint density at radius 3 is 2.40 bits per heavy atom. The zero-order chi connectivity index (χ0) is 14.1. The fourth-order valence-corrected chi connectivity index (χ4v) is 2.76. The van der Waals surface area contributed by atoms with E-state index in [0.29, 0.717) is 11.4 Å². The van der Waals surface area contributed by atoms with Gasteiger partial charge in [0.2, 0.25) is 5.88 Å². The van der Waals surface area contributed by atoms with Crippen LogP contribution in [-0.4, -0.2) is 13.0 Å². The van der Waals surface area contributed by atoms with Gasteiger partial charge in [-0.2, -0.15) is 0 Å². The summed E-state index contributed by atoms with van der Waals surface area (Å²) in [5.41, 5.74) is 1.38. The number of hydrogen-bond acceptors (Lipinski definition) is 2. The Morgan fingerprint density at radius 1 is 1.05 bits per heavy atom. The number of carbonyl (C=O) groups excluding carboxylic acids is 1. The number of furan rings is 1. The molecule has 0 saturated heterocycles. The summed E-state index contributed by atoms with van der Waals surface area (Å²) in [6.07, 6.45) is 0. The van der Waals surface area contributed by atoms with E-state index in [1.54, 1.807) is 19.2 Å². The minimum absolute atomic E-state index is 0.106. The number of rotatable bonds is 2. The lowest BCUT2D eigenvalue weighted by Crippen LogP contribution is -2.25. The Labute approximate surface area is 124 Å². The normalized spacial score (nSPS) is 10.7. The van der Waals surface area contributed by atoms with Crippen molar-refractivity contribution in [1.82, 2.24) is 0 Å². The summed E-state index contributed by atoms with van der Waals surface area (Å²) in [6.45, 7) is 0. The lowest BCUT2D eigenvalue weighted by atomic mass is 10.2. The molecule has 0 bridgehead atoms. The zero-order valence-electron chi connectivity index (χ0n) is 10.8. The molecule has 0 fully saturated rings. The molecule has 0 unspecified atom stereocenters. The van der Waals surface area contributed by atoms with Crippen LogP contribution in [0, 0.1) is 0 Å². The van der Waals surface area contributed by atoms with Gasteiger partial charge in [0.15, 0.2) is 0 Å². The van der Waals surface area contributed by atoms with E-state index in [0.717, 1.165) is 15.4 Å². The van der Waals surface area contributed by atoms with Gasteiger partial charge in [-0.1, -0.05) is 30.3 Å². The number of nitrogens with zero attached hydrogens (tertiary/aromatic N) is 1. The minimum Gasteiger partial charge on any atom is -0.439 e. The number of amides is 1. The highest BCUT2D eigenvalue weighted by Crippen LogP contribution is 2.36. The third-order valence-corrected chi connectivity index (χ3v) is 3.91. The maximum absolute atomic E-state index is 12.4. The van der Waals surface area contributed by atoms with Crippen molar-refractivity contribution in [2.24, 2.45) is 0 Å². The Hall–Kier alpha value is -2.07. The second-order valence-corrected chi connectivity index (χ2v) is 5.24. The maximum atomic E-state index is 12.4. The molecule has 0 N–H and O–H groups in total. The summed E-state index contributed by atoms with van der Waals surface area (Å²) in [5.74, 6) is 0.408. The molecule has 0 saturated carbocycles. The summed E-state index contributed by atoms with van der Waals surface area (Å²) in [6, 6.07) is 16.8. The van der Waals surface area contributed by atoms with Crippen LogP contribution in [-0.2, 0) is 0 Å². The number of fused-ring (bicyclic) bond motifs is 1. The fourth-order valence-electron chi connectivity index (χ4n) is 2.08. The lowest BCUT2D eigenvalue weighted by Gasteiger charge is -2.14. The molecule has 100 valence electrons. The molecular formula is C16H12BrNO2. The molecule has 3 aromatic rings.